The molecule has 0 amide bonds. The lowest BCUT2D eigenvalue weighted by atomic mass is 9.70. The molecule has 1 aromatic rings. The zero-order valence-electron chi connectivity index (χ0n) is 18.6. The molecule has 1 fully saturated rings. The molecule has 162 valence electrons. The Bertz CT molecular complexity index is 884. The molecule has 1 saturated heterocycles. The van der Waals surface area contributed by atoms with Crippen LogP contribution >= 0.6 is 0 Å². The van der Waals surface area contributed by atoms with Crippen LogP contribution in [-0.2, 0) is 27.1 Å². The number of hydrogen-bond donors (Lipinski definition) is 0. The summed E-state index contributed by atoms with van der Waals surface area (Å²) in [6.45, 7) is 8.65. The monoisotopic (exact) mass is 411 g/mol. The topological polar surface area (TPSA) is 48.0 Å². The van der Waals surface area contributed by atoms with Crippen LogP contribution < -0.4 is 4.74 Å². The van der Waals surface area contributed by atoms with Gasteiger partial charge in [-0.15, -0.1) is 0 Å². The van der Waals surface area contributed by atoms with E-state index in [1.807, 2.05) is 20.8 Å². The van der Waals surface area contributed by atoms with E-state index in [0.717, 1.165) is 50.5 Å². The molecule has 3 heterocycles. The number of ether oxygens (including phenoxy) is 3. The molecule has 0 spiro atoms. The third kappa shape index (κ3) is 3.22. The molecule has 30 heavy (non-hydrogen) atoms. The number of nitrogens with zero attached hydrogens (tertiary/aromatic N) is 1. The van der Waals surface area contributed by atoms with Gasteiger partial charge in [0.1, 0.15) is 11.5 Å². The van der Waals surface area contributed by atoms with Crippen LogP contribution in [0, 0.1) is 11.3 Å². The van der Waals surface area contributed by atoms with E-state index in [-0.39, 0.29) is 11.9 Å². The molecule has 0 bridgehead atoms. The fourth-order valence-corrected chi connectivity index (χ4v) is 5.76. The van der Waals surface area contributed by atoms with E-state index in [2.05, 4.69) is 23.1 Å². The van der Waals surface area contributed by atoms with Gasteiger partial charge in [0.25, 0.3) is 0 Å². The minimum atomic E-state index is -0.559. The maximum atomic E-state index is 13.0. The third-order valence-electron chi connectivity index (χ3n) is 7.26. The summed E-state index contributed by atoms with van der Waals surface area (Å²) in [7, 11) is 1.70. The second kappa shape index (κ2) is 7.30. The van der Waals surface area contributed by atoms with Crippen molar-refractivity contribution in [3.63, 3.8) is 0 Å². The van der Waals surface area contributed by atoms with E-state index in [1.165, 1.54) is 23.1 Å². The van der Waals surface area contributed by atoms with E-state index in [4.69, 9.17) is 14.2 Å². The molecule has 0 aromatic heterocycles. The van der Waals surface area contributed by atoms with Crippen molar-refractivity contribution >= 4 is 5.97 Å². The second-order valence-corrected chi connectivity index (χ2v) is 10.2. The lowest BCUT2D eigenvalue weighted by Crippen LogP contribution is -2.54. The summed E-state index contributed by atoms with van der Waals surface area (Å²) in [6, 6.07) is 4.92. The van der Waals surface area contributed by atoms with E-state index < -0.39 is 11.5 Å². The molecule has 1 aliphatic carbocycles. The summed E-state index contributed by atoms with van der Waals surface area (Å²) >= 11 is 0. The molecule has 5 heteroatoms. The van der Waals surface area contributed by atoms with Gasteiger partial charge in [-0.25, -0.2) is 0 Å². The Morgan fingerprint density at radius 2 is 2.00 bits per heavy atom. The maximum absolute atomic E-state index is 13.0. The first kappa shape index (κ1) is 19.9. The number of fused-ring (bicyclic) bond motifs is 3. The summed E-state index contributed by atoms with van der Waals surface area (Å²) < 4.78 is 18.0. The van der Waals surface area contributed by atoms with Crippen molar-refractivity contribution < 1.29 is 19.0 Å². The molecule has 5 nitrogen and oxygen atoms in total. The number of hydrogen-bond acceptors (Lipinski definition) is 5. The zero-order chi connectivity index (χ0) is 21.0. The van der Waals surface area contributed by atoms with Gasteiger partial charge < -0.3 is 14.2 Å². The van der Waals surface area contributed by atoms with Gasteiger partial charge >= 0.3 is 5.97 Å². The Kier molecular flexibility index (Phi) is 4.85. The second-order valence-electron chi connectivity index (χ2n) is 10.2. The molecule has 0 saturated carbocycles. The molecule has 1 aromatic carbocycles. The predicted octanol–water partition coefficient (Wildman–Crippen LogP) is 3.84. The highest BCUT2D eigenvalue weighted by atomic mass is 16.6. The first-order valence-corrected chi connectivity index (χ1v) is 11.4. The van der Waals surface area contributed by atoms with Crippen molar-refractivity contribution in [1.82, 2.24) is 4.90 Å². The highest BCUT2D eigenvalue weighted by Crippen LogP contribution is 2.48. The fraction of sp³-hybridized carbons (Fsp3) is 0.640. The Morgan fingerprint density at radius 1 is 1.17 bits per heavy atom. The highest BCUT2D eigenvalue weighted by Gasteiger charge is 2.50. The third-order valence-corrected chi connectivity index (χ3v) is 7.26. The molecule has 5 rings (SSSR count). The van der Waals surface area contributed by atoms with Crippen LogP contribution in [0.25, 0.3) is 0 Å². The van der Waals surface area contributed by atoms with Crippen molar-refractivity contribution in [3.8, 4) is 5.75 Å². The smallest absolute Gasteiger partial charge is 0.311 e. The number of rotatable bonds is 2. The minimum absolute atomic E-state index is 0.0635. The van der Waals surface area contributed by atoms with Gasteiger partial charge in [-0.3, -0.25) is 9.69 Å². The number of carbonyl (C=O) groups is 1. The van der Waals surface area contributed by atoms with E-state index in [0.29, 0.717) is 12.0 Å². The van der Waals surface area contributed by atoms with Crippen LogP contribution in [-0.4, -0.2) is 49.8 Å². The number of benzene rings is 1. The van der Waals surface area contributed by atoms with E-state index >= 15 is 0 Å². The summed E-state index contributed by atoms with van der Waals surface area (Å²) in [4.78, 5) is 15.6. The van der Waals surface area contributed by atoms with Crippen LogP contribution in [0.4, 0.5) is 0 Å². The van der Waals surface area contributed by atoms with Crippen molar-refractivity contribution in [2.45, 2.75) is 64.5 Å². The van der Waals surface area contributed by atoms with Gasteiger partial charge in [0.05, 0.1) is 19.1 Å². The van der Waals surface area contributed by atoms with Gasteiger partial charge in [-0.05, 0) is 81.3 Å². The minimum Gasteiger partial charge on any atom is -0.497 e. The molecule has 4 unspecified atom stereocenters. The molecule has 0 N–H and O–H groups in total. The van der Waals surface area contributed by atoms with Crippen molar-refractivity contribution in [2.24, 2.45) is 11.3 Å². The van der Waals surface area contributed by atoms with E-state index in [9.17, 15) is 4.79 Å². The number of methoxy groups -OCH3 is 1. The van der Waals surface area contributed by atoms with Crippen molar-refractivity contribution in [3.05, 3.63) is 40.7 Å². The molecular formula is C25H33NO4. The summed E-state index contributed by atoms with van der Waals surface area (Å²) in [5.74, 6) is 2.11. The standard InChI is InChI=1S/C25H33NO4/c1-25(2,3)24(27)30-23-20(28-4)13-17-6-5-9-26-10-7-15-12-16-8-11-29-19(16)14-18(15)21(23)22(17)26/h12-14,17,21-23H,5-11H2,1-4H3. The molecular weight excluding hydrogens is 378 g/mol. The fourth-order valence-electron chi connectivity index (χ4n) is 5.76. The first-order chi connectivity index (χ1) is 14.4. The van der Waals surface area contributed by atoms with Crippen molar-refractivity contribution in [2.75, 3.05) is 26.8 Å². The Hall–Kier alpha value is -2.01. The molecule has 4 aliphatic rings. The zero-order valence-corrected chi connectivity index (χ0v) is 18.6. The lowest BCUT2D eigenvalue weighted by Gasteiger charge is -2.48. The molecule has 4 atom stereocenters. The summed E-state index contributed by atoms with van der Waals surface area (Å²) in [5.41, 5.74) is 3.42. The molecule has 3 aliphatic heterocycles. The SMILES string of the molecule is COC1=CC2CCCN3CCc4cc5c(cc4C(C1OC(=O)C(C)(C)C)C23)OCC5. The van der Waals surface area contributed by atoms with Gasteiger partial charge in [0.2, 0.25) is 0 Å². The summed E-state index contributed by atoms with van der Waals surface area (Å²) in [6.07, 6.45) is 6.20. The van der Waals surface area contributed by atoms with Crippen LogP contribution in [0.5, 0.6) is 5.75 Å². The van der Waals surface area contributed by atoms with Crippen LogP contribution in [0.15, 0.2) is 24.0 Å². The number of piperidine rings is 1. The Morgan fingerprint density at radius 3 is 2.77 bits per heavy atom. The predicted molar refractivity (Wildman–Crippen MR) is 115 cm³/mol. The normalized spacial score (nSPS) is 30.2. The first-order valence-electron chi connectivity index (χ1n) is 11.4. The van der Waals surface area contributed by atoms with Crippen molar-refractivity contribution in [1.29, 1.82) is 0 Å². The number of esters is 1. The van der Waals surface area contributed by atoms with Crippen LogP contribution in [0.3, 0.4) is 0 Å². The Labute approximate surface area is 179 Å². The largest absolute Gasteiger partial charge is 0.497 e. The van der Waals surface area contributed by atoms with Crippen LogP contribution in [0.1, 0.15) is 56.2 Å². The highest BCUT2D eigenvalue weighted by molar-refractivity contribution is 5.76. The van der Waals surface area contributed by atoms with Crippen LogP contribution in [0.2, 0.25) is 0 Å². The number of carbonyl (C=O) groups excluding carboxylic acids is 1. The quantitative estimate of drug-likeness (QED) is 0.692. The molecule has 0 radical (unpaired) electrons. The van der Waals surface area contributed by atoms with Gasteiger partial charge in [0, 0.05) is 24.9 Å². The maximum Gasteiger partial charge on any atom is 0.311 e. The summed E-state index contributed by atoms with van der Waals surface area (Å²) in [5, 5.41) is 0. The van der Waals surface area contributed by atoms with E-state index in [1.54, 1.807) is 7.11 Å². The van der Waals surface area contributed by atoms with Gasteiger partial charge in [-0.2, -0.15) is 0 Å². The average Bonchev–Trinajstić information content (AvgIpc) is 3.10. The lowest BCUT2D eigenvalue weighted by molar-refractivity contribution is -0.161. The average molecular weight is 412 g/mol. The van der Waals surface area contributed by atoms with Gasteiger partial charge in [0.15, 0.2) is 6.10 Å². The Balaban J connectivity index is 1.64. The van der Waals surface area contributed by atoms with Gasteiger partial charge in [-0.1, -0.05) is 6.07 Å².